The average Bonchev–Trinajstić information content (AvgIpc) is 2.73. The maximum Gasteiger partial charge on any atom is 0.365 e. The van der Waals surface area contributed by atoms with Crippen molar-refractivity contribution < 1.29 is 17.6 Å². The van der Waals surface area contributed by atoms with Crippen LogP contribution in [-0.4, -0.2) is 21.0 Å². The van der Waals surface area contributed by atoms with Crippen molar-refractivity contribution >= 4 is 5.65 Å². The summed E-state index contributed by atoms with van der Waals surface area (Å²) in [6, 6.07) is 2.62. The van der Waals surface area contributed by atoms with Gasteiger partial charge in [0.05, 0.1) is 0 Å². The summed E-state index contributed by atoms with van der Waals surface area (Å²) in [6.07, 6.45) is -3.38. The van der Waals surface area contributed by atoms with E-state index in [0.29, 0.717) is 16.5 Å². The zero-order valence-corrected chi connectivity index (χ0v) is 9.25. The molecule has 2 aromatic heterocycles. The van der Waals surface area contributed by atoms with Gasteiger partial charge in [-0.3, -0.25) is 9.89 Å². The van der Waals surface area contributed by atoms with Crippen LogP contribution >= 0.6 is 0 Å². The number of H-pyrrole nitrogens is 1. The Hall–Kier alpha value is -1.86. The molecular formula is C10H9F4N3O. The first kappa shape index (κ1) is 12.6. The SMILES string of the molecule is CCc1cc(=O)n2[nH]c(C(F)(F)C(F)F)nc2c1. The van der Waals surface area contributed by atoms with Gasteiger partial charge in [-0.25, -0.2) is 18.3 Å². The summed E-state index contributed by atoms with van der Waals surface area (Å²) < 4.78 is 51.2. The van der Waals surface area contributed by atoms with Crippen LogP contribution in [0.1, 0.15) is 18.3 Å². The molecule has 0 amide bonds. The van der Waals surface area contributed by atoms with Crippen molar-refractivity contribution in [2.45, 2.75) is 25.7 Å². The number of hydrogen-bond acceptors (Lipinski definition) is 2. The van der Waals surface area contributed by atoms with Gasteiger partial charge in [-0.15, -0.1) is 0 Å². The van der Waals surface area contributed by atoms with Gasteiger partial charge in [-0.05, 0) is 18.1 Å². The van der Waals surface area contributed by atoms with Crippen molar-refractivity contribution in [3.63, 3.8) is 0 Å². The minimum atomic E-state index is -4.41. The molecule has 1 N–H and O–H groups in total. The lowest BCUT2D eigenvalue weighted by Crippen LogP contribution is -2.25. The van der Waals surface area contributed by atoms with Gasteiger partial charge in [0.1, 0.15) is 0 Å². The fourth-order valence-electron chi connectivity index (χ4n) is 1.50. The van der Waals surface area contributed by atoms with Crippen LogP contribution in [0.4, 0.5) is 17.6 Å². The Morgan fingerprint density at radius 3 is 2.67 bits per heavy atom. The van der Waals surface area contributed by atoms with E-state index in [4.69, 9.17) is 0 Å². The number of nitrogens with one attached hydrogen (secondary N) is 1. The molecule has 98 valence electrons. The smallest absolute Gasteiger partial charge is 0.271 e. The van der Waals surface area contributed by atoms with Gasteiger partial charge < -0.3 is 0 Å². The van der Waals surface area contributed by atoms with Crippen LogP contribution in [0.2, 0.25) is 0 Å². The lowest BCUT2D eigenvalue weighted by molar-refractivity contribution is -0.140. The van der Waals surface area contributed by atoms with Crippen molar-refractivity contribution in [1.29, 1.82) is 0 Å². The maximum absolute atomic E-state index is 13.1. The molecule has 0 aromatic carbocycles. The highest BCUT2D eigenvalue weighted by Gasteiger charge is 2.46. The van der Waals surface area contributed by atoms with E-state index in [2.05, 4.69) is 4.98 Å². The van der Waals surface area contributed by atoms with Gasteiger partial charge in [0, 0.05) is 6.07 Å². The molecule has 0 spiro atoms. The second kappa shape index (κ2) is 4.11. The molecule has 0 aliphatic rings. The molecule has 0 unspecified atom stereocenters. The van der Waals surface area contributed by atoms with E-state index in [9.17, 15) is 22.4 Å². The molecule has 0 fully saturated rings. The number of halogens is 4. The van der Waals surface area contributed by atoms with Crippen LogP contribution in [0.3, 0.4) is 0 Å². The molecule has 0 radical (unpaired) electrons. The zero-order chi connectivity index (χ0) is 13.5. The Balaban J connectivity index is 2.64. The first-order valence-electron chi connectivity index (χ1n) is 5.14. The highest BCUT2D eigenvalue weighted by molar-refractivity contribution is 5.41. The van der Waals surface area contributed by atoms with Crippen molar-refractivity contribution in [1.82, 2.24) is 14.6 Å². The van der Waals surface area contributed by atoms with Crippen molar-refractivity contribution in [2.75, 3.05) is 0 Å². The van der Waals surface area contributed by atoms with Crippen LogP contribution in [0.15, 0.2) is 16.9 Å². The Morgan fingerprint density at radius 2 is 2.11 bits per heavy atom. The topological polar surface area (TPSA) is 50.2 Å². The Bertz CT molecular complexity index is 632. The molecule has 8 heteroatoms. The Kier molecular flexibility index (Phi) is 2.88. The van der Waals surface area contributed by atoms with Gasteiger partial charge in [-0.1, -0.05) is 6.92 Å². The third-order valence-corrected chi connectivity index (χ3v) is 2.51. The minimum absolute atomic E-state index is 0.102. The summed E-state index contributed by atoms with van der Waals surface area (Å²) >= 11 is 0. The van der Waals surface area contributed by atoms with E-state index in [1.54, 1.807) is 6.92 Å². The normalized spacial score (nSPS) is 12.6. The van der Waals surface area contributed by atoms with E-state index < -0.39 is 23.7 Å². The molecular weight excluding hydrogens is 254 g/mol. The largest absolute Gasteiger partial charge is 0.365 e. The number of aromatic amines is 1. The molecule has 0 saturated heterocycles. The first-order valence-corrected chi connectivity index (χ1v) is 5.14. The predicted molar refractivity (Wildman–Crippen MR) is 55.1 cm³/mol. The van der Waals surface area contributed by atoms with Crippen LogP contribution < -0.4 is 5.56 Å². The fourth-order valence-corrected chi connectivity index (χ4v) is 1.50. The van der Waals surface area contributed by atoms with E-state index in [-0.39, 0.29) is 5.65 Å². The van der Waals surface area contributed by atoms with Crippen molar-refractivity contribution in [3.8, 4) is 0 Å². The summed E-state index contributed by atoms with van der Waals surface area (Å²) in [5.74, 6) is -5.63. The molecule has 0 bridgehead atoms. The predicted octanol–water partition coefficient (Wildman–Crippen LogP) is 1.94. The van der Waals surface area contributed by atoms with Gasteiger partial charge in [-0.2, -0.15) is 8.78 Å². The van der Waals surface area contributed by atoms with Crippen LogP contribution in [0.5, 0.6) is 0 Å². The van der Waals surface area contributed by atoms with E-state index in [0.717, 1.165) is 0 Å². The molecule has 0 aliphatic carbocycles. The number of fused-ring (bicyclic) bond motifs is 1. The monoisotopic (exact) mass is 263 g/mol. The van der Waals surface area contributed by atoms with Crippen LogP contribution in [0.25, 0.3) is 5.65 Å². The number of hydrogen-bond donors (Lipinski definition) is 1. The Morgan fingerprint density at radius 1 is 1.44 bits per heavy atom. The second-order valence-corrected chi connectivity index (χ2v) is 3.74. The van der Waals surface area contributed by atoms with Crippen LogP contribution in [-0.2, 0) is 12.3 Å². The summed E-state index contributed by atoms with van der Waals surface area (Å²) in [6.45, 7) is 1.77. The van der Waals surface area contributed by atoms with Gasteiger partial charge in [0.2, 0.25) is 0 Å². The standard InChI is InChI=1S/C10H9F4N3O/c1-2-5-3-6-15-9(10(13,14)8(11)12)16-17(6)7(18)4-5/h3-4,8H,2H2,1H3,(H,15,16). The molecule has 2 heterocycles. The lowest BCUT2D eigenvalue weighted by atomic mass is 10.2. The number of alkyl halides is 4. The quantitative estimate of drug-likeness (QED) is 0.860. The molecule has 2 rings (SSSR count). The Labute approximate surface area is 98.2 Å². The zero-order valence-electron chi connectivity index (χ0n) is 9.25. The third-order valence-electron chi connectivity index (χ3n) is 2.51. The molecule has 4 nitrogen and oxygen atoms in total. The van der Waals surface area contributed by atoms with Gasteiger partial charge >= 0.3 is 12.3 Å². The highest BCUT2D eigenvalue weighted by atomic mass is 19.3. The molecule has 0 aliphatic heterocycles. The number of pyridine rings is 1. The molecule has 2 aromatic rings. The number of nitrogens with zero attached hydrogens (tertiary/aromatic N) is 2. The van der Waals surface area contributed by atoms with E-state index in [1.165, 1.54) is 12.1 Å². The molecule has 18 heavy (non-hydrogen) atoms. The molecule has 0 saturated carbocycles. The van der Waals surface area contributed by atoms with Crippen molar-refractivity contribution in [2.24, 2.45) is 0 Å². The molecule has 0 atom stereocenters. The third kappa shape index (κ3) is 1.87. The highest BCUT2D eigenvalue weighted by Crippen LogP contribution is 2.32. The number of rotatable bonds is 3. The summed E-state index contributed by atoms with van der Waals surface area (Å²) in [5.41, 5.74) is -0.124. The van der Waals surface area contributed by atoms with Gasteiger partial charge in [0.25, 0.3) is 5.56 Å². The maximum atomic E-state index is 13.1. The van der Waals surface area contributed by atoms with Gasteiger partial charge in [0.15, 0.2) is 11.5 Å². The van der Waals surface area contributed by atoms with E-state index >= 15 is 0 Å². The van der Waals surface area contributed by atoms with Crippen molar-refractivity contribution in [3.05, 3.63) is 33.9 Å². The summed E-state index contributed by atoms with van der Waals surface area (Å²) in [4.78, 5) is 14.9. The summed E-state index contributed by atoms with van der Waals surface area (Å²) in [7, 11) is 0. The summed E-state index contributed by atoms with van der Waals surface area (Å²) in [5, 5.41) is 1.90. The van der Waals surface area contributed by atoms with E-state index in [1.807, 2.05) is 5.10 Å². The number of aromatic nitrogens is 3. The minimum Gasteiger partial charge on any atom is -0.271 e. The van der Waals surface area contributed by atoms with Crippen LogP contribution in [0, 0.1) is 0 Å². The lowest BCUT2D eigenvalue weighted by Gasteiger charge is -2.10. The fraction of sp³-hybridized carbons (Fsp3) is 0.400. The number of aryl methyl sites for hydroxylation is 1. The second-order valence-electron chi connectivity index (χ2n) is 3.74. The average molecular weight is 263 g/mol. The first-order chi connectivity index (χ1) is 8.36.